The first-order valence-corrected chi connectivity index (χ1v) is 6.15. The highest BCUT2D eigenvalue weighted by atomic mass is 15.1. The van der Waals surface area contributed by atoms with Crippen LogP contribution in [0.15, 0.2) is 36.4 Å². The molecule has 1 aromatic rings. The Morgan fingerprint density at radius 3 is 2.72 bits per heavy atom. The zero-order chi connectivity index (χ0) is 13.5. The number of nitriles is 1. The highest BCUT2D eigenvalue weighted by Crippen LogP contribution is 2.18. The monoisotopic (exact) mass is 243 g/mol. The molecule has 1 aromatic carbocycles. The second-order valence-electron chi connectivity index (χ2n) is 4.77. The molecule has 96 valence electrons. The maximum atomic E-state index is 9.07. The number of nitrogens with zero attached hydrogens (tertiary/aromatic N) is 2. The maximum Gasteiger partial charge on any atom is 0.101 e. The zero-order valence-electron chi connectivity index (χ0n) is 11.4. The van der Waals surface area contributed by atoms with Crippen LogP contribution in [-0.2, 0) is 0 Å². The Hall–Kier alpha value is -1.79. The Balaban J connectivity index is 2.62. The lowest BCUT2D eigenvalue weighted by Crippen LogP contribution is -2.29. The van der Waals surface area contributed by atoms with Crippen LogP contribution in [0.5, 0.6) is 0 Å². The van der Waals surface area contributed by atoms with Gasteiger partial charge in [-0.2, -0.15) is 5.26 Å². The first kappa shape index (κ1) is 14.3. The normalized spacial score (nSPS) is 10.2. The molecule has 18 heavy (non-hydrogen) atoms. The van der Waals surface area contributed by atoms with E-state index in [-0.39, 0.29) is 0 Å². The molecule has 0 amide bonds. The molecule has 0 saturated heterocycles. The number of hydrogen-bond donors (Lipinski definition) is 1. The van der Waals surface area contributed by atoms with Gasteiger partial charge >= 0.3 is 0 Å². The number of anilines is 1. The van der Waals surface area contributed by atoms with Crippen LogP contribution in [0.1, 0.15) is 19.4 Å². The molecule has 0 radical (unpaired) electrons. The van der Waals surface area contributed by atoms with Crippen molar-refractivity contribution in [2.45, 2.75) is 19.9 Å². The van der Waals surface area contributed by atoms with Gasteiger partial charge in [0.05, 0.1) is 11.3 Å². The van der Waals surface area contributed by atoms with E-state index in [2.05, 4.69) is 36.7 Å². The van der Waals surface area contributed by atoms with Crippen molar-refractivity contribution in [3.05, 3.63) is 42.0 Å². The van der Waals surface area contributed by atoms with E-state index in [0.717, 1.165) is 24.4 Å². The molecule has 0 heterocycles. The van der Waals surface area contributed by atoms with E-state index in [1.54, 1.807) is 0 Å². The lowest BCUT2D eigenvalue weighted by Gasteiger charge is -2.22. The molecule has 0 fully saturated rings. The van der Waals surface area contributed by atoms with Crippen LogP contribution >= 0.6 is 0 Å². The van der Waals surface area contributed by atoms with E-state index < -0.39 is 0 Å². The summed E-state index contributed by atoms with van der Waals surface area (Å²) in [4.78, 5) is 2.06. The van der Waals surface area contributed by atoms with E-state index >= 15 is 0 Å². The minimum atomic E-state index is 0.457. The predicted octanol–water partition coefficient (Wildman–Crippen LogP) is 2.55. The van der Waals surface area contributed by atoms with Crippen LogP contribution in [0.25, 0.3) is 0 Å². The lowest BCUT2D eigenvalue weighted by molar-refractivity contribution is 0.617. The largest absolute Gasteiger partial charge is 0.369 e. The number of likely N-dealkylation sites (N-methyl/N-ethyl adjacent to an activating group) is 1. The summed E-state index contributed by atoms with van der Waals surface area (Å²) < 4.78 is 0. The van der Waals surface area contributed by atoms with Gasteiger partial charge in [-0.05, 0) is 17.7 Å². The third kappa shape index (κ3) is 4.23. The predicted molar refractivity (Wildman–Crippen MR) is 76.7 cm³/mol. The average Bonchev–Trinajstić information content (AvgIpc) is 2.36. The summed E-state index contributed by atoms with van der Waals surface area (Å²) in [7, 11) is 1.98. The van der Waals surface area contributed by atoms with E-state index in [4.69, 9.17) is 5.26 Å². The fourth-order valence-corrected chi connectivity index (χ4v) is 1.73. The van der Waals surface area contributed by atoms with Crippen LogP contribution < -0.4 is 10.2 Å². The molecule has 3 nitrogen and oxygen atoms in total. The van der Waals surface area contributed by atoms with Crippen molar-refractivity contribution in [2.24, 2.45) is 0 Å². The van der Waals surface area contributed by atoms with Gasteiger partial charge in [0.1, 0.15) is 6.07 Å². The van der Waals surface area contributed by atoms with Crippen molar-refractivity contribution in [2.75, 3.05) is 25.0 Å². The van der Waals surface area contributed by atoms with Crippen molar-refractivity contribution < 1.29 is 0 Å². The van der Waals surface area contributed by atoms with E-state index in [1.807, 2.05) is 31.3 Å². The van der Waals surface area contributed by atoms with Gasteiger partial charge in [0.25, 0.3) is 0 Å². The second kappa shape index (κ2) is 6.83. The Kier molecular flexibility index (Phi) is 5.41. The first-order valence-electron chi connectivity index (χ1n) is 6.15. The molecule has 0 saturated carbocycles. The van der Waals surface area contributed by atoms with Gasteiger partial charge in [-0.25, -0.2) is 0 Å². The fourth-order valence-electron chi connectivity index (χ4n) is 1.73. The third-order valence-electron chi connectivity index (χ3n) is 2.66. The molecule has 0 aliphatic rings. The summed E-state index contributed by atoms with van der Waals surface area (Å²) in [5.74, 6) is 0. The standard InChI is InChI=1S/C15H21N3/c1-12(2)17-10-13(3)11-18(4)15-8-6-5-7-14(15)9-16/h5-8,12,17H,3,10-11H2,1-2,4H3. The molecule has 0 aliphatic heterocycles. The van der Waals surface area contributed by atoms with Gasteiger partial charge in [0.2, 0.25) is 0 Å². The molecule has 3 heteroatoms. The summed E-state index contributed by atoms with van der Waals surface area (Å²) in [6, 6.07) is 10.3. The highest BCUT2D eigenvalue weighted by molar-refractivity contribution is 5.59. The van der Waals surface area contributed by atoms with E-state index in [0.29, 0.717) is 11.6 Å². The summed E-state index contributed by atoms with van der Waals surface area (Å²) in [6.45, 7) is 9.84. The molecule has 1 N–H and O–H groups in total. The van der Waals surface area contributed by atoms with Crippen molar-refractivity contribution >= 4 is 5.69 Å². The smallest absolute Gasteiger partial charge is 0.101 e. The number of hydrogen-bond acceptors (Lipinski definition) is 3. The van der Waals surface area contributed by atoms with Gasteiger partial charge in [0.15, 0.2) is 0 Å². The Morgan fingerprint density at radius 1 is 1.44 bits per heavy atom. The first-order chi connectivity index (χ1) is 8.54. The molecular formula is C15H21N3. The number of rotatable bonds is 6. The molecule has 0 bridgehead atoms. The molecular weight excluding hydrogens is 222 g/mol. The molecule has 0 aliphatic carbocycles. The highest BCUT2D eigenvalue weighted by Gasteiger charge is 2.07. The topological polar surface area (TPSA) is 39.1 Å². The molecule has 0 aromatic heterocycles. The van der Waals surface area contributed by atoms with Gasteiger partial charge in [0, 0.05) is 26.2 Å². The van der Waals surface area contributed by atoms with Gasteiger partial charge in [-0.1, -0.05) is 32.6 Å². The van der Waals surface area contributed by atoms with Gasteiger partial charge in [-0.15, -0.1) is 0 Å². The van der Waals surface area contributed by atoms with Crippen LogP contribution in [-0.4, -0.2) is 26.2 Å². The number of benzene rings is 1. The summed E-state index contributed by atoms with van der Waals surface area (Å²) in [6.07, 6.45) is 0. The molecule has 0 spiro atoms. The Bertz CT molecular complexity index is 443. The number of para-hydroxylation sites is 1. The van der Waals surface area contributed by atoms with Crippen LogP contribution in [0.3, 0.4) is 0 Å². The Morgan fingerprint density at radius 2 is 2.11 bits per heavy atom. The third-order valence-corrected chi connectivity index (χ3v) is 2.66. The maximum absolute atomic E-state index is 9.07. The van der Waals surface area contributed by atoms with E-state index in [1.165, 1.54) is 0 Å². The zero-order valence-corrected chi connectivity index (χ0v) is 11.4. The van der Waals surface area contributed by atoms with Gasteiger partial charge < -0.3 is 10.2 Å². The molecule has 0 unspecified atom stereocenters. The summed E-state index contributed by atoms with van der Waals surface area (Å²) >= 11 is 0. The molecule has 1 rings (SSSR count). The second-order valence-corrected chi connectivity index (χ2v) is 4.77. The van der Waals surface area contributed by atoms with Crippen LogP contribution in [0, 0.1) is 11.3 Å². The minimum Gasteiger partial charge on any atom is -0.369 e. The van der Waals surface area contributed by atoms with E-state index in [9.17, 15) is 0 Å². The van der Waals surface area contributed by atoms with Crippen LogP contribution in [0.2, 0.25) is 0 Å². The SMILES string of the molecule is C=C(CNC(C)C)CN(C)c1ccccc1C#N. The molecule has 0 atom stereocenters. The number of nitrogens with one attached hydrogen (secondary N) is 1. The summed E-state index contributed by atoms with van der Waals surface area (Å²) in [5, 5.41) is 12.4. The van der Waals surface area contributed by atoms with Crippen molar-refractivity contribution in [3.63, 3.8) is 0 Å². The van der Waals surface area contributed by atoms with Gasteiger partial charge in [-0.3, -0.25) is 0 Å². The van der Waals surface area contributed by atoms with Crippen molar-refractivity contribution in [1.29, 1.82) is 5.26 Å². The fraction of sp³-hybridized carbons (Fsp3) is 0.400. The van der Waals surface area contributed by atoms with Crippen molar-refractivity contribution in [3.8, 4) is 6.07 Å². The van der Waals surface area contributed by atoms with Crippen molar-refractivity contribution in [1.82, 2.24) is 5.32 Å². The average molecular weight is 243 g/mol. The quantitative estimate of drug-likeness (QED) is 0.780. The lowest BCUT2D eigenvalue weighted by atomic mass is 10.1. The minimum absolute atomic E-state index is 0.457. The summed E-state index contributed by atoms with van der Waals surface area (Å²) in [5.41, 5.74) is 2.76. The van der Waals surface area contributed by atoms with Crippen LogP contribution in [0.4, 0.5) is 5.69 Å². The Labute approximate surface area is 110 Å².